The molecule has 0 amide bonds. The molecule has 2 aliphatic carbocycles. The average Bonchev–Trinajstić information content (AvgIpc) is 2.62. The fourth-order valence-corrected chi connectivity index (χ4v) is 4.79. The summed E-state index contributed by atoms with van der Waals surface area (Å²) >= 11 is 0. The summed E-state index contributed by atoms with van der Waals surface area (Å²) in [6.45, 7) is 6.92. The predicted molar refractivity (Wildman–Crippen MR) is 97.9 cm³/mol. The molecule has 120 valence electrons. The predicted octanol–water partition coefficient (Wildman–Crippen LogP) is 5.17. The van der Waals surface area contributed by atoms with Crippen LogP contribution in [0.15, 0.2) is 36.4 Å². The van der Waals surface area contributed by atoms with Gasteiger partial charge in [-0.15, -0.1) is 0 Å². The summed E-state index contributed by atoms with van der Waals surface area (Å²) in [6, 6.07) is 14.4. The van der Waals surface area contributed by atoms with E-state index in [0.717, 1.165) is 13.1 Å². The fraction of sp³-hybridized carbons (Fsp3) is 0.455. The number of hydrogen-bond acceptors (Lipinski definition) is 1. The highest BCUT2D eigenvalue weighted by Gasteiger charge is 2.29. The van der Waals surface area contributed by atoms with E-state index in [-0.39, 0.29) is 0 Å². The monoisotopic (exact) mass is 305 g/mol. The van der Waals surface area contributed by atoms with Gasteiger partial charge in [0, 0.05) is 6.04 Å². The molecule has 0 aliphatic heterocycles. The van der Waals surface area contributed by atoms with Gasteiger partial charge in [-0.3, -0.25) is 4.90 Å². The first-order chi connectivity index (χ1) is 11.3. The van der Waals surface area contributed by atoms with Crippen LogP contribution in [0.3, 0.4) is 0 Å². The van der Waals surface area contributed by atoms with Gasteiger partial charge >= 0.3 is 0 Å². The van der Waals surface area contributed by atoms with Crippen molar-refractivity contribution >= 4 is 0 Å². The van der Waals surface area contributed by atoms with Crippen molar-refractivity contribution in [3.05, 3.63) is 58.7 Å². The third-order valence-electron chi connectivity index (χ3n) is 5.91. The van der Waals surface area contributed by atoms with Crippen LogP contribution in [0.5, 0.6) is 0 Å². The van der Waals surface area contributed by atoms with Gasteiger partial charge in [-0.25, -0.2) is 0 Å². The molecule has 0 fully saturated rings. The maximum Gasteiger partial charge on any atom is 0.0353 e. The second-order valence-electron chi connectivity index (χ2n) is 6.95. The van der Waals surface area contributed by atoms with E-state index in [2.05, 4.69) is 55.1 Å². The number of hydrogen-bond donors (Lipinski definition) is 0. The van der Waals surface area contributed by atoms with Crippen LogP contribution in [-0.4, -0.2) is 18.0 Å². The zero-order valence-electron chi connectivity index (χ0n) is 14.4. The van der Waals surface area contributed by atoms with E-state index in [1.807, 2.05) is 0 Å². The summed E-state index contributed by atoms with van der Waals surface area (Å²) in [5.41, 5.74) is 9.45. The lowest BCUT2D eigenvalue weighted by molar-refractivity contribution is 0.197. The summed E-state index contributed by atoms with van der Waals surface area (Å²) in [4.78, 5) is 2.67. The second kappa shape index (κ2) is 6.13. The Labute approximate surface area is 140 Å². The van der Waals surface area contributed by atoms with Gasteiger partial charge in [-0.2, -0.15) is 0 Å². The smallest absolute Gasteiger partial charge is 0.0353 e. The first-order valence-corrected chi connectivity index (χ1v) is 9.30. The first kappa shape index (κ1) is 15.0. The highest BCUT2D eigenvalue weighted by molar-refractivity contribution is 5.75. The minimum Gasteiger partial charge on any atom is -0.297 e. The van der Waals surface area contributed by atoms with Crippen molar-refractivity contribution in [1.82, 2.24) is 4.90 Å². The van der Waals surface area contributed by atoms with Crippen LogP contribution >= 0.6 is 0 Å². The molecule has 0 spiro atoms. The SMILES string of the molecule is CCN(CC)C1CCCc2ccc3c(c21)CCc1ccccc1-3. The molecule has 0 aromatic heterocycles. The molecular weight excluding hydrogens is 278 g/mol. The van der Waals surface area contributed by atoms with Crippen molar-refractivity contribution in [1.29, 1.82) is 0 Å². The molecule has 0 bridgehead atoms. The molecule has 2 aliphatic rings. The van der Waals surface area contributed by atoms with E-state index >= 15 is 0 Å². The number of nitrogens with zero attached hydrogens (tertiary/aromatic N) is 1. The molecule has 4 rings (SSSR count). The molecule has 2 aromatic rings. The Bertz CT molecular complexity index is 712. The summed E-state index contributed by atoms with van der Waals surface area (Å²) < 4.78 is 0. The number of aryl methyl sites for hydroxylation is 2. The molecule has 0 saturated heterocycles. The van der Waals surface area contributed by atoms with Gasteiger partial charge in [0.1, 0.15) is 0 Å². The van der Waals surface area contributed by atoms with Crippen LogP contribution in [-0.2, 0) is 19.3 Å². The fourth-order valence-electron chi connectivity index (χ4n) is 4.79. The van der Waals surface area contributed by atoms with Gasteiger partial charge in [0.25, 0.3) is 0 Å². The summed E-state index contributed by atoms with van der Waals surface area (Å²) in [6.07, 6.45) is 6.34. The molecule has 0 N–H and O–H groups in total. The Balaban J connectivity index is 1.88. The molecule has 0 radical (unpaired) electrons. The number of fused-ring (bicyclic) bond motifs is 5. The van der Waals surface area contributed by atoms with Crippen LogP contribution in [0, 0.1) is 0 Å². The van der Waals surface area contributed by atoms with E-state index in [0.29, 0.717) is 6.04 Å². The van der Waals surface area contributed by atoms with Crippen LogP contribution in [0.1, 0.15) is 55.0 Å². The maximum atomic E-state index is 2.67. The van der Waals surface area contributed by atoms with Crippen LogP contribution < -0.4 is 0 Å². The Morgan fingerprint density at radius 2 is 1.70 bits per heavy atom. The number of benzene rings is 2. The third-order valence-corrected chi connectivity index (χ3v) is 5.91. The lowest BCUT2D eigenvalue weighted by atomic mass is 9.76. The van der Waals surface area contributed by atoms with E-state index in [9.17, 15) is 0 Å². The Morgan fingerprint density at radius 3 is 2.52 bits per heavy atom. The van der Waals surface area contributed by atoms with Gasteiger partial charge in [-0.1, -0.05) is 50.2 Å². The largest absolute Gasteiger partial charge is 0.297 e. The molecule has 0 heterocycles. The van der Waals surface area contributed by atoms with Crippen molar-refractivity contribution in [2.75, 3.05) is 13.1 Å². The zero-order valence-corrected chi connectivity index (χ0v) is 14.4. The Hall–Kier alpha value is -1.60. The molecule has 1 nitrogen and oxygen atoms in total. The molecular formula is C22H27N. The highest BCUT2D eigenvalue weighted by Crippen LogP contribution is 2.43. The quantitative estimate of drug-likeness (QED) is 0.756. The van der Waals surface area contributed by atoms with Crippen molar-refractivity contribution < 1.29 is 0 Å². The molecule has 2 aromatic carbocycles. The topological polar surface area (TPSA) is 3.24 Å². The molecule has 0 saturated carbocycles. The summed E-state index contributed by atoms with van der Waals surface area (Å²) in [7, 11) is 0. The van der Waals surface area contributed by atoms with Gasteiger partial charge in [0.2, 0.25) is 0 Å². The summed E-state index contributed by atoms with van der Waals surface area (Å²) in [5.74, 6) is 0. The minimum atomic E-state index is 0.633. The van der Waals surface area contributed by atoms with Crippen molar-refractivity contribution in [3.8, 4) is 11.1 Å². The molecule has 1 atom stereocenters. The van der Waals surface area contributed by atoms with Crippen molar-refractivity contribution in [2.45, 2.75) is 52.0 Å². The van der Waals surface area contributed by atoms with Crippen molar-refractivity contribution in [2.24, 2.45) is 0 Å². The molecule has 1 unspecified atom stereocenters. The third kappa shape index (κ3) is 2.42. The molecule has 23 heavy (non-hydrogen) atoms. The van der Waals surface area contributed by atoms with E-state index < -0.39 is 0 Å². The van der Waals surface area contributed by atoms with Gasteiger partial charge in [0.15, 0.2) is 0 Å². The van der Waals surface area contributed by atoms with Gasteiger partial charge in [-0.05, 0) is 78.6 Å². The van der Waals surface area contributed by atoms with E-state index in [1.54, 1.807) is 16.7 Å². The summed E-state index contributed by atoms with van der Waals surface area (Å²) in [5, 5.41) is 0. The Kier molecular flexibility index (Phi) is 3.98. The van der Waals surface area contributed by atoms with Crippen LogP contribution in [0.2, 0.25) is 0 Å². The average molecular weight is 305 g/mol. The maximum absolute atomic E-state index is 2.67. The van der Waals surface area contributed by atoms with Gasteiger partial charge in [0.05, 0.1) is 0 Å². The minimum absolute atomic E-state index is 0.633. The second-order valence-corrected chi connectivity index (χ2v) is 6.95. The van der Waals surface area contributed by atoms with Crippen LogP contribution in [0.25, 0.3) is 11.1 Å². The standard InChI is InChI=1S/C22H27N/c1-3-23(4-2)21-11-7-9-17-13-14-19-18-10-6-5-8-16(18)12-15-20(19)22(17)21/h5-6,8,10,13-14,21H,3-4,7,9,11-12,15H2,1-2H3. The normalized spacial score (nSPS) is 19.2. The van der Waals surface area contributed by atoms with Crippen LogP contribution in [0.4, 0.5) is 0 Å². The van der Waals surface area contributed by atoms with E-state index in [4.69, 9.17) is 0 Å². The van der Waals surface area contributed by atoms with Crippen molar-refractivity contribution in [3.63, 3.8) is 0 Å². The lowest BCUT2D eigenvalue weighted by Crippen LogP contribution is -2.32. The lowest BCUT2D eigenvalue weighted by Gasteiger charge is -2.38. The highest BCUT2D eigenvalue weighted by atomic mass is 15.1. The number of rotatable bonds is 3. The van der Waals surface area contributed by atoms with Gasteiger partial charge < -0.3 is 0 Å². The zero-order chi connectivity index (χ0) is 15.8. The molecule has 1 heteroatoms. The first-order valence-electron chi connectivity index (χ1n) is 9.30. The Morgan fingerprint density at radius 1 is 0.870 bits per heavy atom. The van der Waals surface area contributed by atoms with E-state index in [1.165, 1.54) is 48.8 Å².